The molecule has 3 rings (SSSR count). The average Bonchev–Trinajstić information content (AvgIpc) is 2.49. The van der Waals surface area contributed by atoms with Crippen LogP contribution in [0.2, 0.25) is 5.02 Å². The predicted octanol–water partition coefficient (Wildman–Crippen LogP) is 2.87. The van der Waals surface area contributed by atoms with E-state index in [2.05, 4.69) is 15.6 Å². The molecule has 21 heavy (non-hydrogen) atoms. The van der Waals surface area contributed by atoms with Gasteiger partial charge in [-0.05, 0) is 42.3 Å². The number of rotatable bonds is 2. The molecule has 0 aliphatic carbocycles. The van der Waals surface area contributed by atoms with Gasteiger partial charge >= 0.3 is 0 Å². The van der Waals surface area contributed by atoms with Crippen molar-refractivity contribution in [2.24, 2.45) is 0 Å². The number of pyridine rings is 1. The second-order valence-electron chi connectivity index (χ2n) is 4.71. The number of aryl methyl sites for hydroxylation is 1. The number of hydrogen-bond acceptors (Lipinski definition) is 3. The number of nitrogens with zero attached hydrogens (tertiary/aromatic N) is 1. The summed E-state index contributed by atoms with van der Waals surface area (Å²) in [7, 11) is 0. The van der Waals surface area contributed by atoms with E-state index in [0.29, 0.717) is 29.2 Å². The Hall–Kier alpha value is -2.40. The highest BCUT2D eigenvalue weighted by Gasteiger charge is 2.17. The number of anilines is 2. The molecule has 6 heteroatoms. The molecule has 5 nitrogen and oxygen atoms in total. The number of halogens is 1. The summed E-state index contributed by atoms with van der Waals surface area (Å²) in [4.78, 5) is 27.5. The van der Waals surface area contributed by atoms with E-state index in [-0.39, 0.29) is 11.8 Å². The predicted molar refractivity (Wildman–Crippen MR) is 80.6 cm³/mol. The summed E-state index contributed by atoms with van der Waals surface area (Å²) in [5.41, 5.74) is 2.22. The zero-order valence-corrected chi connectivity index (χ0v) is 11.8. The SMILES string of the molecule is O=C1CCc2cc(C(=O)Nc3ncccc3Cl)ccc2N1. The van der Waals surface area contributed by atoms with E-state index in [1.807, 2.05) is 0 Å². The van der Waals surface area contributed by atoms with Gasteiger partial charge in [-0.3, -0.25) is 9.59 Å². The quantitative estimate of drug-likeness (QED) is 0.896. The summed E-state index contributed by atoms with van der Waals surface area (Å²) < 4.78 is 0. The number of benzene rings is 1. The van der Waals surface area contributed by atoms with Crippen molar-refractivity contribution in [3.05, 3.63) is 52.7 Å². The molecule has 1 aliphatic heterocycles. The molecule has 0 bridgehead atoms. The minimum atomic E-state index is -0.282. The first-order chi connectivity index (χ1) is 10.1. The number of amides is 2. The van der Waals surface area contributed by atoms with Gasteiger partial charge in [-0.1, -0.05) is 11.6 Å². The average molecular weight is 302 g/mol. The van der Waals surface area contributed by atoms with Crippen molar-refractivity contribution in [1.82, 2.24) is 4.98 Å². The Morgan fingerprint density at radius 3 is 2.95 bits per heavy atom. The monoisotopic (exact) mass is 301 g/mol. The van der Waals surface area contributed by atoms with Crippen LogP contribution in [0.25, 0.3) is 0 Å². The molecule has 106 valence electrons. The van der Waals surface area contributed by atoms with Crippen molar-refractivity contribution in [1.29, 1.82) is 0 Å². The van der Waals surface area contributed by atoms with Crippen molar-refractivity contribution in [3.8, 4) is 0 Å². The first-order valence-corrected chi connectivity index (χ1v) is 6.86. The lowest BCUT2D eigenvalue weighted by Crippen LogP contribution is -2.20. The van der Waals surface area contributed by atoms with Crippen molar-refractivity contribution in [2.75, 3.05) is 10.6 Å². The zero-order chi connectivity index (χ0) is 14.8. The van der Waals surface area contributed by atoms with Crippen LogP contribution in [0.5, 0.6) is 0 Å². The molecule has 0 saturated carbocycles. The number of hydrogen-bond donors (Lipinski definition) is 2. The van der Waals surface area contributed by atoms with Gasteiger partial charge in [0.1, 0.15) is 0 Å². The third kappa shape index (κ3) is 2.87. The van der Waals surface area contributed by atoms with E-state index in [1.54, 1.807) is 36.5 Å². The molecule has 2 heterocycles. The van der Waals surface area contributed by atoms with Gasteiger partial charge < -0.3 is 10.6 Å². The lowest BCUT2D eigenvalue weighted by molar-refractivity contribution is -0.116. The third-order valence-corrected chi connectivity index (χ3v) is 3.56. The summed E-state index contributed by atoms with van der Waals surface area (Å²) in [5, 5.41) is 5.84. The summed E-state index contributed by atoms with van der Waals surface area (Å²) in [5.74, 6) is 0.0467. The van der Waals surface area contributed by atoms with E-state index in [0.717, 1.165) is 11.3 Å². The first kappa shape index (κ1) is 13.6. The van der Waals surface area contributed by atoms with Crippen molar-refractivity contribution in [3.63, 3.8) is 0 Å². The van der Waals surface area contributed by atoms with Gasteiger partial charge in [0.2, 0.25) is 5.91 Å². The normalized spacial score (nSPS) is 13.3. The van der Waals surface area contributed by atoms with Crippen molar-refractivity contribution in [2.45, 2.75) is 12.8 Å². The summed E-state index contributed by atoms with van der Waals surface area (Å²) in [6.07, 6.45) is 2.63. The van der Waals surface area contributed by atoms with Gasteiger partial charge in [0.25, 0.3) is 5.91 Å². The van der Waals surface area contributed by atoms with Crippen LogP contribution in [-0.2, 0) is 11.2 Å². The van der Waals surface area contributed by atoms with E-state index in [4.69, 9.17) is 11.6 Å². The fraction of sp³-hybridized carbons (Fsp3) is 0.133. The van der Waals surface area contributed by atoms with E-state index in [1.165, 1.54) is 0 Å². The Balaban J connectivity index is 1.83. The van der Waals surface area contributed by atoms with Gasteiger partial charge in [0, 0.05) is 23.9 Å². The van der Waals surface area contributed by atoms with Crippen molar-refractivity contribution >= 4 is 34.9 Å². The Bertz CT molecular complexity index is 731. The molecule has 0 spiro atoms. The first-order valence-electron chi connectivity index (χ1n) is 6.48. The maximum atomic E-state index is 12.2. The number of aromatic nitrogens is 1. The fourth-order valence-corrected chi connectivity index (χ4v) is 2.35. The lowest BCUT2D eigenvalue weighted by atomic mass is 10.00. The minimum absolute atomic E-state index is 0.0000288. The molecule has 0 radical (unpaired) electrons. The molecule has 1 aromatic carbocycles. The molecule has 1 aliphatic rings. The summed E-state index contributed by atoms with van der Waals surface area (Å²) in [6.45, 7) is 0. The van der Waals surface area contributed by atoms with Crippen LogP contribution in [0.4, 0.5) is 11.5 Å². The smallest absolute Gasteiger partial charge is 0.256 e. The number of fused-ring (bicyclic) bond motifs is 1. The molecule has 0 fully saturated rings. The second-order valence-corrected chi connectivity index (χ2v) is 5.12. The van der Waals surface area contributed by atoms with Crippen molar-refractivity contribution < 1.29 is 9.59 Å². The minimum Gasteiger partial charge on any atom is -0.326 e. The van der Waals surface area contributed by atoms with E-state index in [9.17, 15) is 9.59 Å². The van der Waals surface area contributed by atoms with Crippen LogP contribution in [-0.4, -0.2) is 16.8 Å². The van der Waals surface area contributed by atoms with Crippen LogP contribution in [0.15, 0.2) is 36.5 Å². The zero-order valence-electron chi connectivity index (χ0n) is 11.0. The topological polar surface area (TPSA) is 71.1 Å². The second kappa shape index (κ2) is 5.54. The highest BCUT2D eigenvalue weighted by Crippen LogP contribution is 2.24. The largest absolute Gasteiger partial charge is 0.326 e. The van der Waals surface area contributed by atoms with Gasteiger partial charge in [0.05, 0.1) is 5.02 Å². The molecular weight excluding hydrogens is 290 g/mol. The summed E-state index contributed by atoms with van der Waals surface area (Å²) >= 11 is 5.96. The van der Waals surface area contributed by atoms with Gasteiger partial charge in [-0.25, -0.2) is 4.98 Å². The van der Waals surface area contributed by atoms with Gasteiger partial charge in [0.15, 0.2) is 5.82 Å². The molecule has 0 unspecified atom stereocenters. The molecule has 1 aromatic heterocycles. The Morgan fingerprint density at radius 2 is 2.14 bits per heavy atom. The van der Waals surface area contributed by atoms with E-state index < -0.39 is 0 Å². The van der Waals surface area contributed by atoms with Gasteiger partial charge in [-0.15, -0.1) is 0 Å². The number of carbonyl (C=O) groups excluding carboxylic acids is 2. The summed E-state index contributed by atoms with van der Waals surface area (Å²) in [6, 6.07) is 8.53. The third-order valence-electron chi connectivity index (χ3n) is 3.25. The highest BCUT2D eigenvalue weighted by molar-refractivity contribution is 6.33. The molecule has 0 saturated heterocycles. The standard InChI is InChI=1S/C15H12ClN3O2/c16-11-2-1-7-17-14(11)19-15(21)10-3-5-12-9(8-10)4-6-13(20)18-12/h1-3,5,7-8H,4,6H2,(H,18,20)(H,17,19,21). The molecular formula is C15H12ClN3O2. The Kier molecular flexibility index (Phi) is 3.58. The van der Waals surface area contributed by atoms with E-state index >= 15 is 0 Å². The fourth-order valence-electron chi connectivity index (χ4n) is 2.18. The van der Waals surface area contributed by atoms with Crippen LogP contribution in [0.3, 0.4) is 0 Å². The Morgan fingerprint density at radius 1 is 1.29 bits per heavy atom. The molecule has 2 amide bonds. The molecule has 0 atom stereocenters. The maximum absolute atomic E-state index is 12.2. The number of carbonyl (C=O) groups is 2. The Labute approximate surface area is 126 Å². The molecule has 2 N–H and O–H groups in total. The van der Waals surface area contributed by atoms with Crippen LogP contribution < -0.4 is 10.6 Å². The molecule has 2 aromatic rings. The highest BCUT2D eigenvalue weighted by atomic mass is 35.5. The maximum Gasteiger partial charge on any atom is 0.256 e. The van der Waals surface area contributed by atoms with Crippen LogP contribution in [0.1, 0.15) is 22.3 Å². The lowest BCUT2D eigenvalue weighted by Gasteiger charge is -2.17. The van der Waals surface area contributed by atoms with Gasteiger partial charge in [-0.2, -0.15) is 0 Å². The number of nitrogens with one attached hydrogen (secondary N) is 2. The van der Waals surface area contributed by atoms with Crippen LogP contribution in [0, 0.1) is 0 Å². The van der Waals surface area contributed by atoms with Crippen LogP contribution >= 0.6 is 11.6 Å².